The van der Waals surface area contributed by atoms with E-state index >= 15 is 0 Å². The lowest BCUT2D eigenvalue weighted by Gasteiger charge is -2.12. The van der Waals surface area contributed by atoms with Gasteiger partial charge in [0, 0.05) is 27.9 Å². The lowest BCUT2D eigenvalue weighted by Crippen LogP contribution is -1.94. The predicted molar refractivity (Wildman–Crippen MR) is 112 cm³/mol. The maximum absolute atomic E-state index is 13.9. The van der Waals surface area contributed by atoms with Crippen molar-refractivity contribution in [3.8, 4) is 0 Å². The molecule has 0 amide bonds. The van der Waals surface area contributed by atoms with E-state index in [1.165, 1.54) is 22.4 Å². The van der Waals surface area contributed by atoms with Crippen molar-refractivity contribution < 1.29 is 8.81 Å². The lowest BCUT2D eigenvalue weighted by molar-refractivity contribution is 0.382. The first-order valence-corrected chi connectivity index (χ1v) is 9.35. The van der Waals surface area contributed by atoms with Gasteiger partial charge in [0.1, 0.15) is 5.65 Å². The van der Waals surface area contributed by atoms with Crippen LogP contribution in [0, 0.1) is 26.8 Å². The monoisotopic (exact) mass is 368 g/mol. The molecule has 0 atom stereocenters. The first kappa shape index (κ1) is 15.6. The molecular weight excluding hydrogens is 351 g/mol. The van der Waals surface area contributed by atoms with Crippen molar-refractivity contribution >= 4 is 49.1 Å². The van der Waals surface area contributed by atoms with Crippen molar-refractivity contribution in [3.05, 3.63) is 71.5 Å². The van der Waals surface area contributed by atoms with E-state index in [0.717, 1.165) is 44.1 Å². The Hall–Kier alpha value is -3.40. The highest BCUT2D eigenvalue weighted by atomic mass is 19.1. The van der Waals surface area contributed by atoms with Gasteiger partial charge in [-0.15, -0.1) is 0 Å². The smallest absolute Gasteiger partial charge is 0.278 e. The van der Waals surface area contributed by atoms with Gasteiger partial charge in [0.2, 0.25) is 0 Å². The standard InChI is InChI=1S/C24H17FN2O/c1-12-5-4-6-15-9-20-19(11-18(12)15)17-8-7-16-10-21(25)28-23(16)22(17)27-14(3)13(2)26-24(20)27/h4-11H,1-3H3. The molecule has 136 valence electrons. The van der Waals surface area contributed by atoms with Gasteiger partial charge in [-0.2, -0.15) is 4.39 Å². The average molecular weight is 368 g/mol. The molecule has 6 aromatic rings. The van der Waals surface area contributed by atoms with Crippen LogP contribution >= 0.6 is 0 Å². The third kappa shape index (κ3) is 1.84. The van der Waals surface area contributed by atoms with Gasteiger partial charge in [-0.1, -0.05) is 30.3 Å². The van der Waals surface area contributed by atoms with Crippen molar-refractivity contribution in [3.63, 3.8) is 0 Å². The van der Waals surface area contributed by atoms with E-state index in [9.17, 15) is 4.39 Å². The fraction of sp³-hybridized carbons (Fsp3) is 0.125. The highest BCUT2D eigenvalue weighted by Gasteiger charge is 2.19. The van der Waals surface area contributed by atoms with Gasteiger partial charge < -0.3 is 4.42 Å². The van der Waals surface area contributed by atoms with Gasteiger partial charge in [0.05, 0.1) is 11.2 Å². The number of hydrogen-bond acceptors (Lipinski definition) is 2. The van der Waals surface area contributed by atoms with Crippen LogP contribution in [0.5, 0.6) is 0 Å². The number of imidazole rings is 1. The molecule has 3 heterocycles. The van der Waals surface area contributed by atoms with Crippen LogP contribution < -0.4 is 0 Å². The zero-order valence-corrected chi connectivity index (χ0v) is 15.8. The van der Waals surface area contributed by atoms with Crippen LogP contribution in [0.15, 0.2) is 52.9 Å². The molecule has 3 nitrogen and oxygen atoms in total. The molecule has 0 saturated carbocycles. The summed E-state index contributed by atoms with van der Waals surface area (Å²) in [6.07, 6.45) is 0. The maximum Gasteiger partial charge on any atom is 0.278 e. The second-order valence-electron chi connectivity index (χ2n) is 7.57. The number of rotatable bonds is 0. The van der Waals surface area contributed by atoms with Crippen LogP contribution in [0.4, 0.5) is 4.39 Å². The zero-order valence-electron chi connectivity index (χ0n) is 15.8. The van der Waals surface area contributed by atoms with Crippen molar-refractivity contribution in [2.45, 2.75) is 20.8 Å². The van der Waals surface area contributed by atoms with E-state index in [4.69, 9.17) is 9.40 Å². The van der Waals surface area contributed by atoms with Crippen LogP contribution in [0.2, 0.25) is 0 Å². The number of furan rings is 1. The summed E-state index contributed by atoms with van der Waals surface area (Å²) in [6.45, 7) is 6.18. The Balaban J connectivity index is 2.01. The summed E-state index contributed by atoms with van der Waals surface area (Å²) in [7, 11) is 0. The highest BCUT2D eigenvalue weighted by molar-refractivity contribution is 6.20. The van der Waals surface area contributed by atoms with E-state index in [2.05, 4.69) is 47.7 Å². The number of aryl methyl sites for hydroxylation is 3. The third-order valence-corrected chi connectivity index (χ3v) is 5.97. The number of pyridine rings is 1. The van der Waals surface area contributed by atoms with Crippen LogP contribution in [0.3, 0.4) is 0 Å². The second kappa shape index (κ2) is 5.10. The SMILES string of the molecule is Cc1nc2c3cc4cccc(C)c4cc3c3ccc4cc(F)oc4c3n2c1C. The molecule has 0 radical (unpaired) electrons. The summed E-state index contributed by atoms with van der Waals surface area (Å²) >= 11 is 0. The molecule has 0 spiro atoms. The number of nitrogens with zero attached hydrogens (tertiary/aromatic N) is 2. The Labute approximate surface area is 160 Å². The van der Waals surface area contributed by atoms with E-state index < -0.39 is 6.01 Å². The number of fused-ring (bicyclic) bond motifs is 9. The molecule has 3 aromatic carbocycles. The summed E-state index contributed by atoms with van der Waals surface area (Å²) in [5.41, 5.74) is 5.54. The van der Waals surface area contributed by atoms with Crippen molar-refractivity contribution in [2.75, 3.05) is 0 Å². The molecule has 6 rings (SSSR count). The Bertz CT molecular complexity index is 1600. The van der Waals surface area contributed by atoms with E-state index in [0.29, 0.717) is 5.58 Å². The van der Waals surface area contributed by atoms with Crippen molar-refractivity contribution in [1.29, 1.82) is 0 Å². The largest absolute Gasteiger partial charge is 0.429 e. The van der Waals surface area contributed by atoms with E-state index in [-0.39, 0.29) is 0 Å². The van der Waals surface area contributed by atoms with Crippen LogP contribution in [0.1, 0.15) is 17.0 Å². The second-order valence-corrected chi connectivity index (χ2v) is 7.57. The third-order valence-electron chi connectivity index (χ3n) is 5.97. The minimum Gasteiger partial charge on any atom is -0.429 e. The van der Waals surface area contributed by atoms with Gasteiger partial charge >= 0.3 is 0 Å². The molecule has 0 unspecified atom stereocenters. The molecule has 0 bridgehead atoms. The van der Waals surface area contributed by atoms with Gasteiger partial charge in [-0.05, 0) is 54.6 Å². The summed E-state index contributed by atoms with van der Waals surface area (Å²) in [6, 6.07) is 15.6. The fourth-order valence-corrected chi connectivity index (χ4v) is 4.45. The normalized spacial score (nSPS) is 12.3. The first-order chi connectivity index (χ1) is 13.5. The van der Waals surface area contributed by atoms with Crippen LogP contribution in [0.25, 0.3) is 49.1 Å². The summed E-state index contributed by atoms with van der Waals surface area (Å²) in [5.74, 6) is 0. The topological polar surface area (TPSA) is 30.4 Å². The molecule has 0 aliphatic carbocycles. The van der Waals surface area contributed by atoms with Gasteiger partial charge in [0.15, 0.2) is 5.58 Å². The van der Waals surface area contributed by atoms with Gasteiger partial charge in [-0.25, -0.2) is 4.98 Å². The highest BCUT2D eigenvalue weighted by Crippen LogP contribution is 2.38. The lowest BCUT2D eigenvalue weighted by atomic mass is 9.98. The van der Waals surface area contributed by atoms with E-state index in [1.54, 1.807) is 0 Å². The molecular formula is C24H17FN2O. The molecule has 0 aliphatic heterocycles. The minimum absolute atomic E-state index is 0.562. The van der Waals surface area contributed by atoms with E-state index in [1.807, 2.05) is 19.9 Å². The number of aromatic nitrogens is 2. The summed E-state index contributed by atoms with van der Waals surface area (Å²) in [5, 5.41) is 6.40. The number of halogens is 1. The molecule has 0 fully saturated rings. The predicted octanol–water partition coefficient (Wildman–Crippen LogP) is 6.60. The first-order valence-electron chi connectivity index (χ1n) is 9.35. The van der Waals surface area contributed by atoms with Gasteiger partial charge in [-0.3, -0.25) is 4.40 Å². The van der Waals surface area contributed by atoms with Crippen LogP contribution in [-0.4, -0.2) is 9.38 Å². The molecule has 0 aliphatic rings. The Kier molecular flexibility index (Phi) is 2.85. The van der Waals surface area contributed by atoms with Crippen molar-refractivity contribution in [1.82, 2.24) is 9.38 Å². The molecule has 3 aromatic heterocycles. The quantitative estimate of drug-likeness (QED) is 0.223. The van der Waals surface area contributed by atoms with Crippen LogP contribution in [-0.2, 0) is 0 Å². The zero-order chi connectivity index (χ0) is 19.2. The fourth-order valence-electron chi connectivity index (χ4n) is 4.45. The summed E-state index contributed by atoms with van der Waals surface area (Å²) in [4.78, 5) is 4.86. The van der Waals surface area contributed by atoms with Gasteiger partial charge in [0.25, 0.3) is 6.01 Å². The average Bonchev–Trinajstić information content (AvgIpc) is 3.20. The molecule has 28 heavy (non-hydrogen) atoms. The molecule has 0 N–H and O–H groups in total. The summed E-state index contributed by atoms with van der Waals surface area (Å²) < 4.78 is 21.5. The Morgan fingerprint density at radius 3 is 2.57 bits per heavy atom. The minimum atomic E-state index is -0.570. The number of hydrogen-bond donors (Lipinski definition) is 0. The molecule has 4 heteroatoms. The maximum atomic E-state index is 13.9. The number of benzene rings is 3. The van der Waals surface area contributed by atoms with Crippen molar-refractivity contribution in [2.24, 2.45) is 0 Å². The Morgan fingerprint density at radius 1 is 0.857 bits per heavy atom. The Morgan fingerprint density at radius 2 is 1.71 bits per heavy atom. The molecule has 0 saturated heterocycles.